The number of ether oxygens (including phenoxy) is 1. The van der Waals surface area contributed by atoms with Crippen LogP contribution in [0.4, 0.5) is 11.4 Å². The second kappa shape index (κ2) is 9.82. The van der Waals surface area contributed by atoms with E-state index in [-0.39, 0.29) is 22.0 Å². The topological polar surface area (TPSA) is 122 Å². The van der Waals surface area contributed by atoms with Crippen LogP contribution in [0.3, 0.4) is 0 Å². The third-order valence-corrected chi connectivity index (χ3v) is 6.58. The Morgan fingerprint density at radius 1 is 1.11 bits per heavy atom. The van der Waals surface area contributed by atoms with E-state index >= 15 is 0 Å². The van der Waals surface area contributed by atoms with Crippen LogP contribution in [0.15, 0.2) is 101 Å². The van der Waals surface area contributed by atoms with Gasteiger partial charge in [0.2, 0.25) is 5.88 Å². The average Bonchev–Trinajstić information content (AvgIpc) is 3.13. The number of para-hydroxylation sites is 1. The van der Waals surface area contributed by atoms with Crippen LogP contribution in [-0.2, 0) is 16.6 Å². The number of methoxy groups -OCH3 is 1. The maximum Gasteiger partial charge on any atom is 0.295 e. The smallest absolute Gasteiger partial charge is 0.295 e. The fourth-order valence-electron chi connectivity index (χ4n) is 3.51. The molecule has 1 aromatic heterocycles. The van der Waals surface area contributed by atoms with E-state index in [4.69, 9.17) is 4.74 Å². The number of aromatic hydroxyl groups is 1. The van der Waals surface area contributed by atoms with Gasteiger partial charge in [0, 0.05) is 23.2 Å². The van der Waals surface area contributed by atoms with E-state index in [9.17, 15) is 18.3 Å². The van der Waals surface area contributed by atoms with Gasteiger partial charge in [0.05, 0.1) is 17.5 Å². The summed E-state index contributed by atoms with van der Waals surface area (Å²) < 4.78 is 34.8. The van der Waals surface area contributed by atoms with Crippen molar-refractivity contribution < 1.29 is 23.1 Å². The summed E-state index contributed by atoms with van der Waals surface area (Å²) in [5.41, 5.74) is 1.22. The Labute approximate surface area is 202 Å². The minimum atomic E-state index is -3.96. The van der Waals surface area contributed by atoms with Crippen LogP contribution < -0.4 is 9.46 Å². The normalized spacial score (nSPS) is 11.6. The van der Waals surface area contributed by atoms with Crippen molar-refractivity contribution in [3.63, 3.8) is 0 Å². The van der Waals surface area contributed by atoms with E-state index in [1.165, 1.54) is 31.4 Å². The Hall–Kier alpha value is -4.44. The molecule has 0 atom stereocenters. The van der Waals surface area contributed by atoms with Gasteiger partial charge >= 0.3 is 0 Å². The van der Waals surface area contributed by atoms with Crippen LogP contribution in [0.1, 0.15) is 10.4 Å². The number of benzene rings is 3. The lowest BCUT2D eigenvalue weighted by molar-refractivity contribution is 0.0995. The molecular weight excluding hydrogens is 468 g/mol. The Balaban J connectivity index is 1.60. The van der Waals surface area contributed by atoms with Gasteiger partial charge < -0.3 is 14.4 Å². The lowest BCUT2D eigenvalue weighted by Crippen LogP contribution is -2.13. The molecule has 9 nitrogen and oxygen atoms in total. The molecule has 0 aliphatic heterocycles. The second-order valence-corrected chi connectivity index (χ2v) is 9.14. The zero-order chi connectivity index (χ0) is 25.0. The zero-order valence-electron chi connectivity index (χ0n) is 18.7. The van der Waals surface area contributed by atoms with E-state index in [1.54, 1.807) is 47.0 Å². The monoisotopic (exact) mass is 490 g/mol. The molecule has 0 radical (unpaired) electrons. The van der Waals surface area contributed by atoms with E-state index < -0.39 is 15.9 Å². The number of sulfonamides is 1. The number of azo groups is 1. The van der Waals surface area contributed by atoms with Crippen LogP contribution in [-0.4, -0.2) is 31.1 Å². The van der Waals surface area contributed by atoms with Gasteiger partial charge in [-0.1, -0.05) is 30.3 Å². The van der Waals surface area contributed by atoms with Gasteiger partial charge in [-0.25, -0.2) is 8.42 Å². The molecule has 1 amide bonds. The molecule has 0 bridgehead atoms. The minimum absolute atomic E-state index is 0.0284. The first-order valence-corrected chi connectivity index (χ1v) is 12.0. The molecule has 0 fully saturated rings. The molecule has 2 N–H and O–H groups in total. The number of nitrogens with zero attached hydrogens (tertiary/aromatic N) is 3. The quantitative estimate of drug-likeness (QED) is 0.257. The predicted molar refractivity (Wildman–Crippen MR) is 133 cm³/mol. The lowest BCUT2D eigenvalue weighted by Gasteiger charge is -2.09. The second-order valence-electron chi connectivity index (χ2n) is 7.46. The van der Waals surface area contributed by atoms with Crippen molar-refractivity contribution in [3.05, 3.63) is 91.0 Å². The molecule has 0 spiro atoms. The summed E-state index contributed by atoms with van der Waals surface area (Å²) in [5, 5.41) is 18.9. The van der Waals surface area contributed by atoms with Crippen LogP contribution in [0.2, 0.25) is 0 Å². The number of hydrogen-bond donors (Lipinski definition) is 2. The highest BCUT2D eigenvalue weighted by molar-refractivity contribution is 7.92. The molecule has 10 heteroatoms. The van der Waals surface area contributed by atoms with Crippen LogP contribution in [0.5, 0.6) is 11.6 Å². The van der Waals surface area contributed by atoms with Crippen molar-refractivity contribution in [2.24, 2.45) is 10.2 Å². The largest absolute Gasteiger partial charge is 0.497 e. The van der Waals surface area contributed by atoms with Gasteiger partial charge in [0.25, 0.3) is 15.9 Å². The first-order chi connectivity index (χ1) is 16.8. The van der Waals surface area contributed by atoms with E-state index in [0.717, 1.165) is 0 Å². The number of amides is 1. The molecule has 1 heterocycles. The SMILES string of the molecule is C=CCn1c(O)c(N=NC(=O)c2cccc(S(=O)(=O)Nc3ccc(OC)cc3)c2)c2ccccc21. The molecular formula is C25H22N4O5S. The third kappa shape index (κ3) is 4.92. The van der Waals surface area contributed by atoms with Crippen LogP contribution in [0.25, 0.3) is 10.9 Å². The number of carbonyl (C=O) groups excluding carboxylic acids is 1. The molecule has 4 aromatic rings. The predicted octanol–water partition coefficient (Wildman–Crippen LogP) is 5.27. The van der Waals surface area contributed by atoms with E-state index in [1.807, 2.05) is 12.1 Å². The molecule has 0 saturated heterocycles. The first-order valence-electron chi connectivity index (χ1n) is 10.5. The summed E-state index contributed by atoms with van der Waals surface area (Å²) in [6.07, 6.45) is 1.63. The van der Waals surface area contributed by atoms with Crippen molar-refractivity contribution in [2.75, 3.05) is 11.8 Å². The number of nitrogens with one attached hydrogen (secondary N) is 1. The Kier molecular flexibility index (Phi) is 6.65. The highest BCUT2D eigenvalue weighted by Crippen LogP contribution is 2.38. The van der Waals surface area contributed by atoms with Crippen molar-refractivity contribution in [2.45, 2.75) is 11.4 Å². The van der Waals surface area contributed by atoms with Crippen molar-refractivity contribution in [1.29, 1.82) is 0 Å². The zero-order valence-corrected chi connectivity index (χ0v) is 19.6. The summed E-state index contributed by atoms with van der Waals surface area (Å²) in [6.45, 7) is 4.03. The summed E-state index contributed by atoms with van der Waals surface area (Å²) in [6, 6.07) is 19.0. The molecule has 3 aromatic carbocycles. The molecule has 0 saturated carbocycles. The van der Waals surface area contributed by atoms with Gasteiger partial charge in [-0.2, -0.15) is 0 Å². The Morgan fingerprint density at radius 3 is 2.57 bits per heavy atom. The molecule has 178 valence electrons. The number of anilines is 1. The number of aromatic nitrogens is 1. The highest BCUT2D eigenvalue weighted by Gasteiger charge is 2.18. The lowest BCUT2D eigenvalue weighted by atomic mass is 10.2. The Morgan fingerprint density at radius 2 is 1.86 bits per heavy atom. The number of fused-ring (bicyclic) bond motifs is 1. The summed E-state index contributed by atoms with van der Waals surface area (Å²) in [7, 11) is -2.45. The molecule has 0 aliphatic rings. The fraction of sp³-hybridized carbons (Fsp3) is 0.0800. The number of carbonyl (C=O) groups is 1. The third-order valence-electron chi connectivity index (χ3n) is 5.20. The van der Waals surface area contributed by atoms with Gasteiger partial charge in [0.15, 0.2) is 5.69 Å². The first kappa shape index (κ1) is 23.7. The van der Waals surface area contributed by atoms with E-state index in [0.29, 0.717) is 28.9 Å². The maximum atomic E-state index is 12.8. The van der Waals surface area contributed by atoms with Gasteiger partial charge in [-0.15, -0.1) is 16.8 Å². The van der Waals surface area contributed by atoms with Crippen LogP contribution >= 0.6 is 0 Å². The number of rotatable bonds is 8. The van der Waals surface area contributed by atoms with Crippen molar-refractivity contribution in [3.8, 4) is 11.6 Å². The highest BCUT2D eigenvalue weighted by atomic mass is 32.2. The summed E-state index contributed by atoms with van der Waals surface area (Å²) in [5.74, 6) is -0.321. The van der Waals surface area contributed by atoms with Crippen molar-refractivity contribution >= 4 is 38.2 Å². The fourth-order valence-corrected chi connectivity index (χ4v) is 4.61. The summed E-state index contributed by atoms with van der Waals surface area (Å²) >= 11 is 0. The van der Waals surface area contributed by atoms with Gasteiger partial charge in [0.1, 0.15) is 5.75 Å². The van der Waals surface area contributed by atoms with Crippen molar-refractivity contribution in [1.82, 2.24) is 4.57 Å². The molecule has 0 aliphatic carbocycles. The molecule has 4 rings (SSSR count). The standard InChI is InChI=1S/C25H22N4O5S/c1-3-15-29-22-10-5-4-9-21(22)23(25(29)31)26-27-24(30)17-7-6-8-20(16-17)35(32,33)28-18-11-13-19(34-2)14-12-18/h3-14,16,28,31H,1,15H2,2H3. The van der Waals surface area contributed by atoms with Crippen LogP contribution in [0, 0.1) is 0 Å². The molecule has 0 unspecified atom stereocenters. The van der Waals surface area contributed by atoms with Gasteiger partial charge in [-0.05, 0) is 48.5 Å². The summed E-state index contributed by atoms with van der Waals surface area (Å²) in [4.78, 5) is 12.6. The van der Waals surface area contributed by atoms with Gasteiger partial charge in [-0.3, -0.25) is 9.52 Å². The Bertz CT molecular complexity index is 1540. The molecule has 35 heavy (non-hydrogen) atoms. The minimum Gasteiger partial charge on any atom is -0.497 e. The number of allylic oxidation sites excluding steroid dienone is 1. The number of hydrogen-bond acceptors (Lipinski definition) is 6. The average molecular weight is 491 g/mol. The maximum absolute atomic E-state index is 12.8. The van der Waals surface area contributed by atoms with E-state index in [2.05, 4.69) is 21.5 Å².